The molecule has 0 aliphatic carbocycles. The summed E-state index contributed by atoms with van der Waals surface area (Å²) in [5.74, 6) is -6.49. The summed E-state index contributed by atoms with van der Waals surface area (Å²) in [4.78, 5) is 105. The Labute approximate surface area is 402 Å². The molecule has 0 bridgehead atoms. The quantitative estimate of drug-likeness (QED) is 0.0153. The van der Waals surface area contributed by atoms with Crippen LogP contribution in [0.4, 0.5) is 0 Å². The molecular formula is C45H57N13O8S2. The van der Waals surface area contributed by atoms with Gasteiger partial charge in [0.2, 0.25) is 35.4 Å². The van der Waals surface area contributed by atoms with Crippen molar-refractivity contribution in [2.75, 3.05) is 18.1 Å². The number of imidazole rings is 1. The number of nitrogens with zero attached hydrogens (tertiary/aromatic N) is 1. The third-order valence-corrected chi connectivity index (χ3v) is 11.7. The molecule has 68 heavy (non-hydrogen) atoms. The van der Waals surface area contributed by atoms with Crippen molar-refractivity contribution in [2.45, 2.75) is 81.3 Å². The number of benzene rings is 3. The van der Waals surface area contributed by atoms with Gasteiger partial charge in [-0.1, -0.05) is 60.7 Å². The standard InChI is InChI=1S/C45H57N13O8S2/c1-24(53-39(60)31(46)21-67)38(59)55-36(18-29-20-49-23-52-29)43(64)56-34(16-25-12-13-26-7-2-3-8-27(26)15-25)41(62)54-33(11-6-14-50-45(47)48)40(61)57-35(42(63)58-37(22-68)44(65)66)17-28-19-51-32-10-5-4-9-30(28)32/h2-5,7-10,12-13,15,19-20,23-24,31,33-37,51,67-68H,6,11,14,16-18,21-22,46H2,1H3,(H,49,52)(H,53,60)(H,54,62)(H,55,59)(H,56,64)(H,57,61)(H,58,63)(H,65,66)(H4,47,48,50)/t24-,31+,33+,34-,35+,36+,37+/m1/s1. The maximum atomic E-state index is 14.7. The molecule has 0 aliphatic heterocycles. The van der Waals surface area contributed by atoms with Crippen molar-refractivity contribution in [2.24, 2.45) is 11.5 Å². The number of guanidine groups is 1. The van der Waals surface area contributed by atoms with E-state index in [0.717, 1.165) is 21.7 Å². The van der Waals surface area contributed by atoms with Gasteiger partial charge in [-0.3, -0.25) is 34.2 Å². The van der Waals surface area contributed by atoms with E-state index in [4.69, 9.17) is 16.9 Å². The Kier molecular flexibility index (Phi) is 19.2. The fourth-order valence-corrected chi connectivity index (χ4v) is 7.61. The lowest BCUT2D eigenvalue weighted by Gasteiger charge is -2.27. The topological polar surface area (TPSA) is 344 Å². The molecule has 0 unspecified atom stereocenters. The average molecular weight is 972 g/mol. The van der Waals surface area contributed by atoms with Crippen molar-refractivity contribution < 1.29 is 38.7 Å². The van der Waals surface area contributed by atoms with Gasteiger partial charge in [0.05, 0.1) is 18.1 Å². The maximum Gasteiger partial charge on any atom is 0.327 e. The minimum atomic E-state index is -1.39. The largest absolute Gasteiger partial charge is 0.480 e. The zero-order valence-electron chi connectivity index (χ0n) is 37.1. The molecule has 0 aliphatic rings. The summed E-state index contributed by atoms with van der Waals surface area (Å²) in [6.45, 7) is 1.54. The minimum Gasteiger partial charge on any atom is -0.480 e. The van der Waals surface area contributed by atoms with Gasteiger partial charge in [-0.05, 0) is 47.7 Å². The molecule has 2 heterocycles. The lowest BCUT2D eigenvalue weighted by atomic mass is 9.99. The van der Waals surface area contributed by atoms with Gasteiger partial charge in [-0.15, -0.1) is 0 Å². The number of nitrogens with two attached hydrogens (primary N) is 2. The van der Waals surface area contributed by atoms with Crippen molar-refractivity contribution in [3.8, 4) is 0 Å². The highest BCUT2D eigenvalue weighted by molar-refractivity contribution is 7.80. The molecule has 5 aromatic rings. The number of aromatic nitrogens is 3. The van der Waals surface area contributed by atoms with Crippen molar-refractivity contribution in [1.29, 1.82) is 5.41 Å². The second kappa shape index (κ2) is 25.1. The molecule has 23 heteroatoms. The van der Waals surface area contributed by atoms with Gasteiger partial charge in [0.25, 0.3) is 0 Å². The van der Waals surface area contributed by atoms with E-state index in [2.05, 4.69) is 77.4 Å². The highest BCUT2D eigenvalue weighted by Crippen LogP contribution is 2.20. The molecule has 15 N–H and O–H groups in total. The molecule has 3 aromatic carbocycles. The summed E-state index contributed by atoms with van der Waals surface area (Å²) >= 11 is 8.11. The van der Waals surface area contributed by atoms with E-state index in [9.17, 15) is 38.7 Å². The van der Waals surface area contributed by atoms with Crippen LogP contribution in [0.3, 0.4) is 0 Å². The first-order chi connectivity index (χ1) is 32.6. The van der Waals surface area contributed by atoms with Crippen LogP contribution in [0.15, 0.2) is 85.5 Å². The average Bonchev–Trinajstić information content (AvgIpc) is 4.00. The molecule has 7 atom stereocenters. The Morgan fingerprint density at radius 1 is 0.706 bits per heavy atom. The van der Waals surface area contributed by atoms with Crippen LogP contribution in [0.25, 0.3) is 21.7 Å². The fraction of sp³-hybridized carbons (Fsp3) is 0.356. The van der Waals surface area contributed by atoms with E-state index in [1.807, 2.05) is 54.6 Å². The van der Waals surface area contributed by atoms with Gasteiger partial charge in [0.1, 0.15) is 36.3 Å². The predicted molar refractivity (Wildman–Crippen MR) is 262 cm³/mol. The van der Waals surface area contributed by atoms with Gasteiger partial charge in [0, 0.05) is 60.6 Å². The molecule has 362 valence electrons. The Morgan fingerprint density at radius 3 is 1.96 bits per heavy atom. The summed E-state index contributed by atoms with van der Waals surface area (Å²) in [6.07, 6.45) is 4.42. The highest BCUT2D eigenvalue weighted by Gasteiger charge is 2.34. The summed E-state index contributed by atoms with van der Waals surface area (Å²) in [5.41, 5.74) is 13.7. The third-order valence-electron chi connectivity index (χ3n) is 10.9. The van der Waals surface area contributed by atoms with E-state index in [-0.39, 0.29) is 56.1 Å². The van der Waals surface area contributed by atoms with E-state index >= 15 is 0 Å². The summed E-state index contributed by atoms with van der Waals surface area (Å²) in [5, 5.41) is 38.3. The van der Waals surface area contributed by atoms with Gasteiger partial charge in [0.15, 0.2) is 5.96 Å². The SMILES string of the molecule is C[C@@H](NC(=O)[C@@H](N)CS)C(=O)N[C@@H](Cc1c[nH]cn1)C(=O)N[C@H](Cc1ccc2ccccc2c1)C(=O)N[C@@H](CCCNC(=N)N)C(=O)N[C@@H](Cc1c[nH]c2ccccc12)C(=O)N[C@@H](CS)C(=O)O. The maximum absolute atomic E-state index is 14.7. The Morgan fingerprint density at radius 2 is 1.31 bits per heavy atom. The number of nitrogens with one attached hydrogen (secondary N) is 10. The zero-order valence-corrected chi connectivity index (χ0v) is 38.9. The van der Waals surface area contributed by atoms with Crippen molar-refractivity contribution in [3.63, 3.8) is 0 Å². The van der Waals surface area contributed by atoms with E-state index in [0.29, 0.717) is 16.8 Å². The van der Waals surface area contributed by atoms with E-state index < -0.39 is 83.7 Å². The number of thiol groups is 2. The summed E-state index contributed by atoms with van der Waals surface area (Å²) < 4.78 is 0. The van der Waals surface area contributed by atoms with Gasteiger partial charge < -0.3 is 63.8 Å². The second-order valence-corrected chi connectivity index (χ2v) is 16.8. The molecule has 0 saturated carbocycles. The third kappa shape index (κ3) is 15.0. The smallest absolute Gasteiger partial charge is 0.327 e. The first kappa shape index (κ1) is 51.9. The van der Waals surface area contributed by atoms with E-state index in [1.165, 1.54) is 19.4 Å². The number of hydrogen-bond acceptors (Lipinski definition) is 12. The number of carbonyl (C=O) groups is 7. The first-order valence-electron chi connectivity index (χ1n) is 21.7. The number of carbonyl (C=O) groups excluding carboxylic acids is 6. The Hall–Kier alpha value is -7.11. The van der Waals surface area contributed by atoms with Crippen LogP contribution >= 0.6 is 25.3 Å². The first-order valence-corrected chi connectivity index (χ1v) is 22.9. The molecule has 0 radical (unpaired) electrons. The Balaban J connectivity index is 1.46. The number of hydrogen-bond donors (Lipinski definition) is 15. The monoisotopic (exact) mass is 971 g/mol. The number of H-pyrrole nitrogens is 2. The van der Waals surface area contributed by atoms with Crippen LogP contribution < -0.4 is 48.7 Å². The van der Waals surface area contributed by atoms with Crippen molar-refractivity contribution in [1.82, 2.24) is 52.2 Å². The summed E-state index contributed by atoms with van der Waals surface area (Å²) in [6, 6.07) is 11.4. The molecule has 0 saturated heterocycles. The molecule has 0 spiro atoms. The number of carboxylic acids is 1. The van der Waals surface area contributed by atoms with Crippen LogP contribution in [-0.4, -0.2) is 128 Å². The zero-order chi connectivity index (χ0) is 49.3. The number of carboxylic acid groups (broad SMARTS) is 1. The predicted octanol–water partition coefficient (Wildman–Crippen LogP) is -0.464. The fourth-order valence-electron chi connectivity index (χ4n) is 7.20. The van der Waals surface area contributed by atoms with Crippen LogP contribution in [0.1, 0.15) is 36.6 Å². The molecule has 2 aromatic heterocycles. The van der Waals surface area contributed by atoms with Gasteiger partial charge in [-0.25, -0.2) is 9.78 Å². The van der Waals surface area contributed by atoms with Crippen LogP contribution in [0.5, 0.6) is 0 Å². The highest BCUT2D eigenvalue weighted by atomic mass is 32.1. The second-order valence-electron chi connectivity index (χ2n) is 16.0. The van der Waals surface area contributed by atoms with Crippen molar-refractivity contribution >= 4 is 94.3 Å². The number of aliphatic carboxylic acids is 1. The van der Waals surface area contributed by atoms with Crippen molar-refractivity contribution in [3.05, 3.63) is 102 Å². The number of amides is 6. The molecular weight excluding hydrogens is 915 g/mol. The molecule has 6 amide bonds. The number of aromatic amines is 2. The number of fused-ring (bicyclic) bond motifs is 2. The molecule has 5 rings (SSSR count). The van der Waals surface area contributed by atoms with Crippen LogP contribution in [0.2, 0.25) is 0 Å². The Bertz CT molecular complexity index is 2570. The minimum absolute atomic E-state index is 0.0212. The normalized spacial score (nSPS) is 14.2. The van der Waals surface area contributed by atoms with Gasteiger partial charge >= 0.3 is 5.97 Å². The van der Waals surface area contributed by atoms with Crippen LogP contribution in [-0.2, 0) is 52.8 Å². The summed E-state index contributed by atoms with van der Waals surface area (Å²) in [7, 11) is 0. The molecule has 0 fully saturated rings. The lowest BCUT2D eigenvalue weighted by molar-refractivity contribution is -0.141. The van der Waals surface area contributed by atoms with Gasteiger partial charge in [-0.2, -0.15) is 25.3 Å². The number of para-hydroxylation sites is 1. The van der Waals surface area contributed by atoms with Crippen LogP contribution in [0, 0.1) is 5.41 Å². The van der Waals surface area contributed by atoms with E-state index in [1.54, 1.807) is 18.3 Å². The number of rotatable bonds is 25. The lowest BCUT2D eigenvalue weighted by Crippen LogP contribution is -2.60. The molecule has 21 nitrogen and oxygen atoms in total.